The Bertz CT molecular complexity index is 1060. The minimum absolute atomic E-state index is 0.258. The predicted molar refractivity (Wildman–Crippen MR) is 104 cm³/mol. The maximum absolute atomic E-state index is 12.4. The number of nitrogens with zero attached hydrogens (tertiary/aromatic N) is 4. The van der Waals surface area contributed by atoms with Crippen molar-refractivity contribution in [3.63, 3.8) is 0 Å². The molecule has 0 spiro atoms. The molecule has 1 aromatic heterocycles. The molecule has 1 aliphatic rings. The van der Waals surface area contributed by atoms with Crippen LogP contribution in [0.5, 0.6) is 5.75 Å². The summed E-state index contributed by atoms with van der Waals surface area (Å²) >= 11 is 0. The molecule has 1 heterocycles. The summed E-state index contributed by atoms with van der Waals surface area (Å²) in [5, 5.41) is 7.88. The Morgan fingerprint density at radius 3 is 2.48 bits per heavy atom. The Labute approximate surface area is 158 Å². The minimum atomic E-state index is -0.258. The van der Waals surface area contributed by atoms with E-state index in [1.54, 1.807) is 7.05 Å². The summed E-state index contributed by atoms with van der Waals surface area (Å²) < 4.78 is 8.81. The molecular formula is C21H24N4O2. The van der Waals surface area contributed by atoms with Crippen molar-refractivity contribution in [2.45, 2.75) is 46.1 Å². The second-order valence-corrected chi connectivity index (χ2v) is 7.41. The van der Waals surface area contributed by atoms with Gasteiger partial charge in [-0.1, -0.05) is 18.2 Å². The second kappa shape index (κ2) is 6.68. The molecule has 0 bridgehead atoms. The lowest BCUT2D eigenvalue weighted by molar-refractivity contribution is 0.302. The first kappa shape index (κ1) is 17.5. The molecule has 0 unspecified atom stereocenters. The normalized spacial score (nSPS) is 13.8. The number of ether oxygens (including phenoxy) is 1. The Morgan fingerprint density at radius 1 is 1.07 bits per heavy atom. The van der Waals surface area contributed by atoms with E-state index in [0.29, 0.717) is 12.5 Å². The highest BCUT2D eigenvalue weighted by molar-refractivity contribution is 5.48. The molecule has 0 aliphatic heterocycles. The van der Waals surface area contributed by atoms with Crippen molar-refractivity contribution in [1.29, 1.82) is 0 Å². The molecule has 2 aromatic carbocycles. The van der Waals surface area contributed by atoms with Gasteiger partial charge in [-0.2, -0.15) is 9.36 Å². The van der Waals surface area contributed by atoms with Gasteiger partial charge < -0.3 is 4.74 Å². The van der Waals surface area contributed by atoms with E-state index in [4.69, 9.17) is 4.74 Å². The maximum Gasteiger partial charge on any atom is 0.368 e. The summed E-state index contributed by atoms with van der Waals surface area (Å²) in [6, 6.07) is 10.3. The van der Waals surface area contributed by atoms with Gasteiger partial charge in [-0.05, 0) is 84.3 Å². The minimum Gasteiger partial charge on any atom is -0.489 e. The zero-order valence-electron chi connectivity index (χ0n) is 16.2. The zero-order valence-corrected chi connectivity index (χ0v) is 16.2. The molecule has 0 saturated heterocycles. The molecular weight excluding hydrogens is 340 g/mol. The maximum atomic E-state index is 12.4. The fraction of sp³-hybridized carbons (Fsp3) is 0.381. The van der Waals surface area contributed by atoms with Crippen LogP contribution in [-0.4, -0.2) is 19.8 Å². The summed E-state index contributed by atoms with van der Waals surface area (Å²) in [5.41, 5.74) is 6.32. The van der Waals surface area contributed by atoms with Crippen LogP contribution in [0, 0.1) is 20.8 Å². The van der Waals surface area contributed by atoms with E-state index in [1.807, 2.05) is 12.1 Å². The topological polar surface area (TPSA) is 61.9 Å². The van der Waals surface area contributed by atoms with E-state index in [-0.39, 0.29) is 5.69 Å². The van der Waals surface area contributed by atoms with Gasteiger partial charge in [0.15, 0.2) is 0 Å². The Balaban J connectivity index is 1.74. The largest absolute Gasteiger partial charge is 0.489 e. The van der Waals surface area contributed by atoms with Gasteiger partial charge in [0, 0.05) is 12.6 Å². The molecule has 6 nitrogen and oxygen atoms in total. The van der Waals surface area contributed by atoms with Crippen LogP contribution < -0.4 is 10.4 Å². The van der Waals surface area contributed by atoms with E-state index in [2.05, 4.69) is 49.4 Å². The first-order chi connectivity index (χ1) is 13.0. The third-order valence-electron chi connectivity index (χ3n) is 5.32. The first-order valence-electron chi connectivity index (χ1n) is 9.27. The van der Waals surface area contributed by atoms with Gasteiger partial charge >= 0.3 is 5.69 Å². The first-order valence-corrected chi connectivity index (χ1v) is 9.27. The smallest absolute Gasteiger partial charge is 0.368 e. The Kier molecular flexibility index (Phi) is 4.34. The number of rotatable bonds is 5. The lowest BCUT2D eigenvalue weighted by atomic mass is 10.0. The summed E-state index contributed by atoms with van der Waals surface area (Å²) in [6.07, 6.45) is 2.35. The van der Waals surface area contributed by atoms with Crippen LogP contribution in [0.4, 0.5) is 0 Å². The molecule has 0 N–H and O–H groups in total. The Morgan fingerprint density at radius 2 is 1.81 bits per heavy atom. The van der Waals surface area contributed by atoms with Crippen LogP contribution in [0.25, 0.3) is 5.69 Å². The fourth-order valence-electron chi connectivity index (χ4n) is 3.43. The van der Waals surface area contributed by atoms with Crippen molar-refractivity contribution in [3.8, 4) is 11.4 Å². The van der Waals surface area contributed by atoms with Gasteiger partial charge in [0.1, 0.15) is 12.4 Å². The molecule has 1 aliphatic carbocycles. The van der Waals surface area contributed by atoms with Crippen LogP contribution in [0.1, 0.15) is 46.6 Å². The fourth-order valence-corrected chi connectivity index (χ4v) is 3.43. The lowest BCUT2D eigenvalue weighted by Crippen LogP contribution is -2.23. The second-order valence-electron chi connectivity index (χ2n) is 7.41. The van der Waals surface area contributed by atoms with Gasteiger partial charge in [0.2, 0.25) is 0 Å². The predicted octanol–water partition coefficient (Wildman–Crippen LogP) is 3.35. The molecule has 0 radical (unpaired) electrons. The average molecular weight is 364 g/mol. The van der Waals surface area contributed by atoms with Gasteiger partial charge in [0.05, 0.1) is 5.69 Å². The summed E-state index contributed by atoms with van der Waals surface area (Å²) in [7, 11) is 1.60. The van der Waals surface area contributed by atoms with E-state index in [1.165, 1.54) is 38.9 Å². The number of tetrazole rings is 1. The molecule has 1 saturated carbocycles. The highest BCUT2D eigenvalue weighted by Crippen LogP contribution is 2.43. The van der Waals surface area contributed by atoms with E-state index >= 15 is 0 Å². The molecule has 0 atom stereocenters. The third-order valence-corrected chi connectivity index (χ3v) is 5.32. The number of benzene rings is 2. The number of hydrogen-bond donors (Lipinski definition) is 0. The summed E-state index contributed by atoms with van der Waals surface area (Å²) in [4.78, 5) is 12.4. The third kappa shape index (κ3) is 3.27. The molecule has 6 heteroatoms. The molecule has 0 amide bonds. The van der Waals surface area contributed by atoms with Gasteiger partial charge in [0.25, 0.3) is 0 Å². The monoisotopic (exact) mass is 364 g/mol. The quantitative estimate of drug-likeness (QED) is 0.697. The zero-order chi connectivity index (χ0) is 19.1. The van der Waals surface area contributed by atoms with Crippen LogP contribution >= 0.6 is 0 Å². The number of aromatic nitrogens is 4. The van der Waals surface area contributed by atoms with Crippen molar-refractivity contribution in [1.82, 2.24) is 19.8 Å². The van der Waals surface area contributed by atoms with Crippen molar-refractivity contribution < 1.29 is 4.74 Å². The molecule has 3 aromatic rings. The Hall–Kier alpha value is -2.89. The summed E-state index contributed by atoms with van der Waals surface area (Å²) in [5.74, 6) is 1.41. The average Bonchev–Trinajstić information content (AvgIpc) is 3.43. The van der Waals surface area contributed by atoms with E-state index in [9.17, 15) is 4.79 Å². The summed E-state index contributed by atoms with van der Waals surface area (Å²) in [6.45, 7) is 6.65. The highest BCUT2D eigenvalue weighted by atomic mass is 16.5. The molecule has 140 valence electrons. The standard InChI is InChI=1S/C21H24N4O2/c1-13-10-15(3)20(11-14(13)2)27-12-18-17(16-8-9-16)6-5-7-19(18)25-21(26)24(4)22-23-25/h5-7,10-11,16H,8-9,12H2,1-4H3. The van der Waals surface area contributed by atoms with E-state index < -0.39 is 0 Å². The molecule has 27 heavy (non-hydrogen) atoms. The molecule has 4 rings (SSSR count). The number of aryl methyl sites for hydroxylation is 4. The van der Waals surface area contributed by atoms with Crippen LogP contribution in [0.3, 0.4) is 0 Å². The SMILES string of the molecule is Cc1cc(C)c(OCc2c(C3CC3)cccc2-n2nnn(C)c2=O)cc1C. The number of hydrogen-bond acceptors (Lipinski definition) is 4. The van der Waals surface area contributed by atoms with Crippen molar-refractivity contribution in [2.75, 3.05) is 0 Å². The van der Waals surface area contributed by atoms with Crippen molar-refractivity contribution in [2.24, 2.45) is 7.05 Å². The van der Waals surface area contributed by atoms with Crippen LogP contribution in [0.15, 0.2) is 35.1 Å². The molecule has 1 fully saturated rings. The van der Waals surface area contributed by atoms with Gasteiger partial charge in [-0.3, -0.25) is 0 Å². The van der Waals surface area contributed by atoms with Crippen LogP contribution in [-0.2, 0) is 13.7 Å². The van der Waals surface area contributed by atoms with Gasteiger partial charge in [-0.25, -0.2) is 4.79 Å². The van der Waals surface area contributed by atoms with Crippen LogP contribution in [0.2, 0.25) is 0 Å². The van der Waals surface area contributed by atoms with Crippen molar-refractivity contribution >= 4 is 0 Å². The lowest BCUT2D eigenvalue weighted by Gasteiger charge is -2.16. The highest BCUT2D eigenvalue weighted by Gasteiger charge is 2.28. The van der Waals surface area contributed by atoms with E-state index in [0.717, 1.165) is 22.6 Å². The van der Waals surface area contributed by atoms with Crippen molar-refractivity contribution in [3.05, 3.63) is 68.6 Å². The van der Waals surface area contributed by atoms with Gasteiger partial charge in [-0.15, -0.1) is 0 Å².